The molecule has 5 N–H and O–H groups in total. The molecule has 154 valence electrons. The van der Waals surface area contributed by atoms with Gasteiger partial charge >= 0.3 is 6.03 Å². The molecular weight excluding hydrogens is 388 g/mol. The molecule has 1 unspecified atom stereocenters. The molecule has 2 heterocycles. The minimum absolute atomic E-state index is 0.0780. The van der Waals surface area contributed by atoms with Crippen LogP contribution in [0.25, 0.3) is 11.3 Å². The van der Waals surface area contributed by atoms with Gasteiger partial charge in [-0.2, -0.15) is 0 Å². The average Bonchev–Trinajstić information content (AvgIpc) is 2.96. The van der Waals surface area contributed by atoms with Gasteiger partial charge in [-0.05, 0) is 45.4 Å². The Morgan fingerprint density at radius 3 is 2.72 bits per heavy atom. The van der Waals surface area contributed by atoms with Crippen LogP contribution in [-0.4, -0.2) is 35.3 Å². The summed E-state index contributed by atoms with van der Waals surface area (Å²) < 4.78 is 5.96. The Morgan fingerprint density at radius 2 is 2.07 bits per heavy atom. The highest BCUT2D eigenvalue weighted by molar-refractivity contribution is 7.14. The van der Waals surface area contributed by atoms with Gasteiger partial charge in [0.2, 0.25) is 0 Å². The first-order chi connectivity index (χ1) is 13.7. The first-order valence-corrected chi connectivity index (χ1v) is 10.3. The van der Waals surface area contributed by atoms with E-state index in [-0.39, 0.29) is 12.1 Å². The number of primary amides is 1. The van der Waals surface area contributed by atoms with E-state index in [0.717, 1.165) is 38.9 Å². The van der Waals surface area contributed by atoms with Gasteiger partial charge in [0.25, 0.3) is 0 Å². The number of ether oxygens (including phenoxy) is 1. The van der Waals surface area contributed by atoms with E-state index in [1.165, 1.54) is 0 Å². The van der Waals surface area contributed by atoms with Gasteiger partial charge < -0.3 is 21.5 Å². The number of benzene rings is 1. The van der Waals surface area contributed by atoms with Crippen LogP contribution in [0.2, 0.25) is 0 Å². The fourth-order valence-corrected chi connectivity index (χ4v) is 4.04. The number of carbonyl (C=O) groups excluding carboxylic acids is 1. The predicted molar refractivity (Wildman–Crippen MR) is 117 cm³/mol. The largest absolute Gasteiger partial charge is 0.492 e. The van der Waals surface area contributed by atoms with E-state index < -0.39 is 6.03 Å². The quantitative estimate of drug-likeness (QED) is 0.525. The first-order valence-electron chi connectivity index (χ1n) is 9.46. The number of thiazole rings is 1. The standard InChI is InChI=1S/C20H26N6O2S/c1-10(2)23-18(25-12(4)21)19-26-17-14-6-5-13(11(3)24-20(22)27)9-15(14)28-8-7-16(17)29-19/h5-6,9-11H,7-8H2,1-4H3,(H2,21,23,25)(H3,22,24,27). The molecule has 0 radical (unpaired) electrons. The molecule has 2 amide bonds. The molecule has 8 nitrogen and oxygen atoms in total. The molecule has 0 saturated carbocycles. The van der Waals surface area contributed by atoms with Gasteiger partial charge in [0, 0.05) is 22.9 Å². The van der Waals surface area contributed by atoms with E-state index in [1.54, 1.807) is 18.3 Å². The third kappa shape index (κ3) is 4.92. The monoisotopic (exact) mass is 414 g/mol. The highest BCUT2D eigenvalue weighted by atomic mass is 32.1. The third-order valence-corrected chi connectivity index (χ3v) is 5.37. The topological polar surface area (TPSA) is 128 Å². The van der Waals surface area contributed by atoms with Gasteiger partial charge in [-0.3, -0.25) is 4.99 Å². The fraction of sp³-hybridized carbons (Fsp3) is 0.400. The maximum Gasteiger partial charge on any atom is 0.312 e. The number of hydrogen-bond donors (Lipinski definition) is 3. The van der Waals surface area contributed by atoms with Gasteiger partial charge in [-0.25, -0.2) is 14.8 Å². The van der Waals surface area contributed by atoms with Crippen molar-refractivity contribution in [1.29, 1.82) is 0 Å². The normalized spacial score (nSPS) is 15.2. The van der Waals surface area contributed by atoms with Crippen molar-refractivity contribution in [2.45, 2.75) is 46.2 Å². The predicted octanol–water partition coefficient (Wildman–Crippen LogP) is 3.01. The second kappa shape index (κ2) is 8.60. The Labute approximate surface area is 174 Å². The number of amides is 2. The Balaban J connectivity index is 2.03. The number of urea groups is 1. The van der Waals surface area contributed by atoms with Gasteiger partial charge in [-0.15, -0.1) is 11.3 Å². The molecule has 1 aromatic carbocycles. The number of aromatic nitrogens is 1. The molecule has 29 heavy (non-hydrogen) atoms. The van der Waals surface area contributed by atoms with E-state index in [9.17, 15) is 4.79 Å². The Hall–Kier alpha value is -2.94. The van der Waals surface area contributed by atoms with Crippen LogP contribution in [0.4, 0.5) is 4.79 Å². The van der Waals surface area contributed by atoms with Crippen molar-refractivity contribution >= 4 is 29.0 Å². The molecule has 0 aliphatic carbocycles. The molecule has 0 spiro atoms. The summed E-state index contributed by atoms with van der Waals surface area (Å²) in [6, 6.07) is 5.13. The summed E-state index contributed by atoms with van der Waals surface area (Å²) in [4.78, 5) is 26.1. The first kappa shape index (κ1) is 20.8. The number of aliphatic imine (C=N–C) groups is 2. The minimum Gasteiger partial charge on any atom is -0.492 e. The van der Waals surface area contributed by atoms with Crippen LogP contribution in [0, 0.1) is 0 Å². The van der Waals surface area contributed by atoms with Crippen molar-refractivity contribution in [3.8, 4) is 17.0 Å². The van der Waals surface area contributed by atoms with E-state index in [1.807, 2.05) is 39.0 Å². The van der Waals surface area contributed by atoms with Crippen LogP contribution >= 0.6 is 11.3 Å². The van der Waals surface area contributed by atoms with Crippen molar-refractivity contribution in [3.63, 3.8) is 0 Å². The summed E-state index contributed by atoms with van der Waals surface area (Å²) in [7, 11) is 0. The number of nitrogens with zero attached hydrogens (tertiary/aromatic N) is 3. The molecule has 2 aromatic rings. The Kier molecular flexibility index (Phi) is 6.17. The zero-order chi connectivity index (χ0) is 21.1. The van der Waals surface area contributed by atoms with Gasteiger partial charge in [0.1, 0.15) is 5.75 Å². The molecule has 0 fully saturated rings. The number of amidine groups is 2. The van der Waals surface area contributed by atoms with Crippen molar-refractivity contribution in [2.75, 3.05) is 6.61 Å². The lowest BCUT2D eigenvalue weighted by Crippen LogP contribution is -2.31. The lowest BCUT2D eigenvalue weighted by molar-refractivity contribution is 0.246. The minimum atomic E-state index is -0.562. The van der Waals surface area contributed by atoms with Crippen molar-refractivity contribution in [3.05, 3.63) is 33.6 Å². The van der Waals surface area contributed by atoms with Crippen molar-refractivity contribution in [2.24, 2.45) is 21.5 Å². The van der Waals surface area contributed by atoms with Gasteiger partial charge in [0.15, 0.2) is 10.8 Å². The molecular formula is C20H26N6O2S. The molecule has 1 atom stereocenters. The van der Waals surface area contributed by atoms with E-state index in [4.69, 9.17) is 21.2 Å². The van der Waals surface area contributed by atoms with Crippen molar-refractivity contribution < 1.29 is 9.53 Å². The number of fused-ring (bicyclic) bond motifs is 3. The molecule has 1 aliphatic heterocycles. The number of carbonyl (C=O) groups is 1. The zero-order valence-electron chi connectivity index (χ0n) is 17.0. The van der Waals surface area contributed by atoms with Crippen LogP contribution in [0.1, 0.15) is 49.2 Å². The maximum absolute atomic E-state index is 11.2. The second-order valence-electron chi connectivity index (χ2n) is 7.17. The fourth-order valence-electron chi connectivity index (χ4n) is 3.04. The molecule has 1 aromatic heterocycles. The number of rotatable bonds is 4. The average molecular weight is 415 g/mol. The number of nitrogens with two attached hydrogens (primary N) is 2. The summed E-state index contributed by atoms with van der Waals surface area (Å²) in [5, 5.41) is 3.43. The van der Waals surface area contributed by atoms with Crippen LogP contribution in [-0.2, 0) is 6.42 Å². The van der Waals surface area contributed by atoms with E-state index >= 15 is 0 Å². The summed E-state index contributed by atoms with van der Waals surface area (Å²) in [5.41, 5.74) is 13.7. The SMILES string of the molecule is CC(N)=NC(=NC(C)C)c1nc2c(s1)CCOc1cc(C(C)NC(N)=O)ccc1-2. The van der Waals surface area contributed by atoms with Gasteiger partial charge in [0.05, 0.1) is 24.2 Å². The third-order valence-electron chi connectivity index (χ3n) is 4.26. The van der Waals surface area contributed by atoms with E-state index in [0.29, 0.717) is 18.3 Å². The Morgan fingerprint density at radius 1 is 1.31 bits per heavy atom. The van der Waals surface area contributed by atoms with Crippen LogP contribution < -0.4 is 21.5 Å². The molecule has 0 bridgehead atoms. The van der Waals surface area contributed by atoms with E-state index in [2.05, 4.69) is 15.3 Å². The summed E-state index contributed by atoms with van der Waals surface area (Å²) >= 11 is 1.57. The maximum atomic E-state index is 11.2. The van der Waals surface area contributed by atoms with Gasteiger partial charge in [-0.1, -0.05) is 6.07 Å². The second-order valence-corrected chi connectivity index (χ2v) is 8.26. The van der Waals surface area contributed by atoms with Crippen LogP contribution in [0.15, 0.2) is 28.2 Å². The highest BCUT2D eigenvalue weighted by Gasteiger charge is 2.23. The summed E-state index contributed by atoms with van der Waals surface area (Å²) in [6.07, 6.45) is 0.742. The smallest absolute Gasteiger partial charge is 0.312 e. The van der Waals surface area contributed by atoms with Crippen LogP contribution in [0.5, 0.6) is 5.75 Å². The number of nitrogens with one attached hydrogen (secondary N) is 1. The molecule has 1 aliphatic rings. The lowest BCUT2D eigenvalue weighted by atomic mass is 10.0. The van der Waals surface area contributed by atoms with Crippen molar-refractivity contribution in [1.82, 2.24) is 10.3 Å². The summed E-state index contributed by atoms with van der Waals surface area (Å²) in [6.45, 7) is 8.13. The lowest BCUT2D eigenvalue weighted by Gasteiger charge is -2.15. The number of hydrogen-bond acceptors (Lipinski definition) is 5. The molecule has 9 heteroatoms. The molecule has 0 saturated heterocycles. The van der Waals surface area contributed by atoms with Crippen LogP contribution in [0.3, 0.4) is 0 Å². The highest BCUT2D eigenvalue weighted by Crippen LogP contribution is 2.39. The molecule has 3 rings (SSSR count). The Bertz CT molecular complexity index is 975. The summed E-state index contributed by atoms with van der Waals surface area (Å²) in [5.74, 6) is 1.73. The zero-order valence-corrected chi connectivity index (χ0v) is 17.8.